The van der Waals surface area contributed by atoms with Crippen LogP contribution in [0.1, 0.15) is 28.8 Å². The molecule has 0 N–H and O–H groups in total. The first-order valence-electron chi connectivity index (χ1n) is 7.80. The highest BCUT2D eigenvalue weighted by molar-refractivity contribution is 7.90. The number of hydrogen-bond acceptors (Lipinski definition) is 6. The van der Waals surface area contributed by atoms with Crippen molar-refractivity contribution in [1.82, 2.24) is 4.98 Å². The van der Waals surface area contributed by atoms with Gasteiger partial charge in [-0.1, -0.05) is 6.07 Å². The fourth-order valence-corrected chi connectivity index (χ4v) is 3.92. The van der Waals surface area contributed by atoms with Crippen molar-refractivity contribution in [2.45, 2.75) is 23.5 Å². The number of benzene rings is 1. The molecule has 7 heteroatoms. The topological polar surface area (TPSA) is 82.6 Å². The molecule has 0 aliphatic heterocycles. The van der Waals surface area contributed by atoms with Gasteiger partial charge < -0.3 is 9.47 Å². The third-order valence-corrected chi connectivity index (χ3v) is 5.35. The van der Waals surface area contributed by atoms with Gasteiger partial charge in [0.15, 0.2) is 15.6 Å². The third-order valence-electron chi connectivity index (χ3n) is 3.65. The van der Waals surface area contributed by atoms with Crippen molar-refractivity contribution in [2.75, 3.05) is 20.8 Å². The first-order valence-corrected chi connectivity index (χ1v) is 9.45. The fourth-order valence-electron chi connectivity index (χ4n) is 2.40. The Balaban J connectivity index is 2.31. The van der Waals surface area contributed by atoms with E-state index >= 15 is 0 Å². The Labute approximate surface area is 147 Å². The maximum absolute atomic E-state index is 12.8. The number of methoxy groups -OCH3 is 2. The summed E-state index contributed by atoms with van der Waals surface area (Å²) in [4.78, 5) is 16.2. The molecule has 0 fully saturated rings. The Morgan fingerprint density at radius 1 is 1.20 bits per heavy atom. The number of ketones is 1. The number of nitrogens with zero attached hydrogens (tertiary/aromatic N) is 1. The van der Waals surface area contributed by atoms with Gasteiger partial charge in [-0.05, 0) is 36.2 Å². The van der Waals surface area contributed by atoms with Crippen molar-refractivity contribution in [1.29, 1.82) is 0 Å². The number of carbonyl (C=O) groups is 1. The molecule has 1 aromatic carbocycles. The number of pyridine rings is 1. The Hall–Kier alpha value is -2.25. The lowest BCUT2D eigenvalue weighted by molar-refractivity contribution is 0.0963. The summed E-state index contributed by atoms with van der Waals surface area (Å²) in [7, 11) is -0.707. The van der Waals surface area contributed by atoms with Crippen LogP contribution in [-0.4, -0.2) is 40.0 Å². The molecular weight excluding hydrogens is 342 g/mol. The Bertz CT molecular complexity index is 819. The van der Waals surface area contributed by atoms with Gasteiger partial charge in [-0.25, -0.2) is 8.42 Å². The quantitative estimate of drug-likeness (QED) is 0.503. The molecule has 0 radical (unpaired) electrons. The maximum Gasteiger partial charge on any atom is 0.186 e. The normalized spacial score (nSPS) is 11.3. The number of carbonyl (C=O) groups excluding carboxylic acids is 1. The van der Waals surface area contributed by atoms with E-state index in [1.807, 2.05) is 0 Å². The lowest BCUT2D eigenvalue weighted by atomic mass is 10.1. The van der Waals surface area contributed by atoms with Gasteiger partial charge in [-0.3, -0.25) is 9.78 Å². The minimum Gasteiger partial charge on any atom is -0.495 e. The number of rotatable bonds is 9. The number of hydrogen-bond donors (Lipinski definition) is 0. The lowest BCUT2D eigenvalue weighted by Crippen LogP contribution is -2.09. The largest absolute Gasteiger partial charge is 0.495 e. The van der Waals surface area contributed by atoms with Crippen molar-refractivity contribution >= 4 is 15.6 Å². The Kier molecular flexibility index (Phi) is 6.66. The van der Waals surface area contributed by atoms with Gasteiger partial charge in [0.2, 0.25) is 0 Å². The molecule has 2 rings (SSSR count). The van der Waals surface area contributed by atoms with Gasteiger partial charge in [0.1, 0.15) is 10.6 Å². The first-order chi connectivity index (χ1) is 12.0. The summed E-state index contributed by atoms with van der Waals surface area (Å²) >= 11 is 0. The predicted octanol–water partition coefficient (Wildman–Crippen LogP) is 2.67. The zero-order chi connectivity index (χ0) is 18.3. The summed E-state index contributed by atoms with van der Waals surface area (Å²) in [5.74, 6) is -0.117. The second kappa shape index (κ2) is 8.73. The molecule has 6 nitrogen and oxygen atoms in total. The van der Waals surface area contributed by atoms with E-state index in [0.717, 1.165) is 0 Å². The highest BCUT2D eigenvalue weighted by atomic mass is 32.2. The molecule has 0 atom stereocenters. The number of aromatic nitrogens is 1. The fraction of sp³-hybridized carbons (Fsp3) is 0.333. The molecule has 1 heterocycles. The van der Waals surface area contributed by atoms with E-state index in [-0.39, 0.29) is 22.2 Å². The van der Waals surface area contributed by atoms with Crippen molar-refractivity contribution in [3.05, 3.63) is 53.9 Å². The third kappa shape index (κ3) is 5.11. The number of ether oxygens (including phenoxy) is 2. The van der Waals surface area contributed by atoms with E-state index in [2.05, 4.69) is 4.98 Å². The number of Topliss-reactive ketones (excluding diaryl/α,β-unsaturated/α-hetero) is 1. The minimum atomic E-state index is -3.68. The Morgan fingerprint density at radius 2 is 2.00 bits per heavy atom. The van der Waals surface area contributed by atoms with E-state index < -0.39 is 9.84 Å². The van der Waals surface area contributed by atoms with E-state index in [1.54, 1.807) is 31.5 Å². The van der Waals surface area contributed by atoms with Crippen LogP contribution in [0.2, 0.25) is 0 Å². The zero-order valence-corrected chi connectivity index (χ0v) is 15.1. The number of sulfone groups is 1. The smallest absolute Gasteiger partial charge is 0.186 e. The molecule has 0 unspecified atom stereocenters. The SMILES string of the molecule is COCCCC(=O)c1ccc(OC)c(S(=O)(=O)Cc2cccnc2)c1. The molecule has 134 valence electrons. The maximum atomic E-state index is 12.8. The summed E-state index contributed by atoms with van der Waals surface area (Å²) in [6, 6.07) is 7.85. The lowest BCUT2D eigenvalue weighted by Gasteiger charge is -2.11. The molecule has 0 aliphatic rings. The predicted molar refractivity (Wildman–Crippen MR) is 93.6 cm³/mol. The first kappa shape index (κ1) is 19.1. The standard InChI is InChI=1S/C18H21NO5S/c1-23-10-4-6-16(20)15-7-8-17(24-2)18(11-15)25(21,22)13-14-5-3-9-19-12-14/h3,5,7-9,11-12H,4,6,10,13H2,1-2H3. The van der Waals surface area contributed by atoms with Gasteiger partial charge in [-0.15, -0.1) is 0 Å². The zero-order valence-electron chi connectivity index (χ0n) is 14.3. The van der Waals surface area contributed by atoms with E-state index in [0.29, 0.717) is 30.6 Å². The summed E-state index contributed by atoms with van der Waals surface area (Å²) in [6.07, 6.45) is 3.96. The van der Waals surface area contributed by atoms with Gasteiger partial charge in [0.25, 0.3) is 0 Å². The highest BCUT2D eigenvalue weighted by Crippen LogP contribution is 2.28. The second-order valence-corrected chi connectivity index (χ2v) is 7.46. The van der Waals surface area contributed by atoms with E-state index in [4.69, 9.17) is 9.47 Å². The van der Waals surface area contributed by atoms with Crippen LogP contribution in [0, 0.1) is 0 Å². The molecule has 1 aromatic heterocycles. The van der Waals surface area contributed by atoms with Crippen LogP contribution in [0.4, 0.5) is 0 Å². The van der Waals surface area contributed by atoms with Crippen LogP contribution in [0.15, 0.2) is 47.6 Å². The van der Waals surface area contributed by atoms with Crippen LogP contribution in [0.5, 0.6) is 5.75 Å². The molecule has 0 aliphatic carbocycles. The van der Waals surface area contributed by atoms with Gasteiger partial charge in [-0.2, -0.15) is 0 Å². The van der Waals surface area contributed by atoms with Crippen LogP contribution < -0.4 is 4.74 Å². The van der Waals surface area contributed by atoms with Crippen molar-refractivity contribution in [2.24, 2.45) is 0 Å². The molecule has 0 saturated heterocycles. The summed E-state index contributed by atoms with van der Waals surface area (Å²) < 4.78 is 35.7. The summed E-state index contributed by atoms with van der Waals surface area (Å²) in [5, 5.41) is 0. The molecule has 25 heavy (non-hydrogen) atoms. The second-order valence-electron chi connectivity index (χ2n) is 5.51. The monoisotopic (exact) mass is 363 g/mol. The van der Waals surface area contributed by atoms with Crippen LogP contribution in [-0.2, 0) is 20.3 Å². The molecule has 0 amide bonds. The van der Waals surface area contributed by atoms with Crippen LogP contribution in [0.3, 0.4) is 0 Å². The van der Waals surface area contributed by atoms with Crippen LogP contribution in [0.25, 0.3) is 0 Å². The van der Waals surface area contributed by atoms with Crippen LogP contribution >= 0.6 is 0 Å². The van der Waals surface area contributed by atoms with Crippen molar-refractivity contribution in [3.8, 4) is 5.75 Å². The molecule has 0 saturated carbocycles. The van der Waals surface area contributed by atoms with Gasteiger partial charge >= 0.3 is 0 Å². The minimum absolute atomic E-state index is 0.0106. The van der Waals surface area contributed by atoms with Crippen molar-refractivity contribution in [3.63, 3.8) is 0 Å². The molecule has 0 bridgehead atoms. The van der Waals surface area contributed by atoms with Gasteiger partial charge in [0.05, 0.1) is 12.9 Å². The van der Waals surface area contributed by atoms with E-state index in [9.17, 15) is 13.2 Å². The summed E-state index contributed by atoms with van der Waals surface area (Å²) in [6.45, 7) is 0.480. The van der Waals surface area contributed by atoms with E-state index in [1.165, 1.54) is 25.4 Å². The average molecular weight is 363 g/mol. The van der Waals surface area contributed by atoms with Gasteiger partial charge in [0, 0.05) is 38.1 Å². The van der Waals surface area contributed by atoms with Crippen molar-refractivity contribution < 1.29 is 22.7 Å². The molecule has 0 spiro atoms. The Morgan fingerprint density at radius 3 is 2.64 bits per heavy atom. The summed E-state index contributed by atoms with van der Waals surface area (Å²) in [5.41, 5.74) is 0.919. The molecular formula is C18H21NO5S. The highest BCUT2D eigenvalue weighted by Gasteiger charge is 2.22. The average Bonchev–Trinajstić information content (AvgIpc) is 2.61. The molecule has 2 aromatic rings.